The van der Waals surface area contributed by atoms with Crippen LogP contribution in [0.1, 0.15) is 57.2 Å². The maximum atomic E-state index is 9.36. The zero-order chi connectivity index (χ0) is 19.4. The van der Waals surface area contributed by atoms with Crippen molar-refractivity contribution < 1.29 is 52.0 Å². The summed E-state index contributed by atoms with van der Waals surface area (Å²) in [7, 11) is 0. The molecule has 2 aromatic carbocycles. The van der Waals surface area contributed by atoms with E-state index in [1.807, 2.05) is 45.0 Å². The Kier molecular flexibility index (Phi) is 8.67. The third-order valence-corrected chi connectivity index (χ3v) is 5.23. The van der Waals surface area contributed by atoms with Gasteiger partial charge in [-0.2, -0.15) is 18.1 Å². The Bertz CT molecular complexity index is 924. The second-order valence-corrected chi connectivity index (χ2v) is 6.91. The number of hydrogen-bond donors (Lipinski definition) is 1. The number of aliphatic imine (C=N–C) groups is 1. The molecule has 0 aliphatic heterocycles. The monoisotopic (exact) mass is 532 g/mol. The van der Waals surface area contributed by atoms with Crippen LogP contribution in [0.15, 0.2) is 65.4 Å². The fourth-order valence-corrected chi connectivity index (χ4v) is 3.92. The molecule has 0 fully saturated rings. The molecule has 0 saturated carbocycles. The van der Waals surface area contributed by atoms with Gasteiger partial charge in [0.1, 0.15) is 0 Å². The Morgan fingerprint density at radius 2 is 1.75 bits per heavy atom. The third-order valence-electron chi connectivity index (χ3n) is 5.23. The van der Waals surface area contributed by atoms with Crippen molar-refractivity contribution in [2.24, 2.45) is 10.9 Å². The molecule has 2 nitrogen and oxygen atoms in total. The molecular weight excluding hydrogens is 503 g/mol. The minimum atomic E-state index is 0. The molecule has 0 bridgehead atoms. The Morgan fingerprint density at radius 3 is 2.50 bits per heavy atom. The van der Waals surface area contributed by atoms with Gasteiger partial charge in [0.15, 0.2) is 0 Å². The number of fused-ring (bicyclic) bond motifs is 2. The molecule has 28 heavy (non-hydrogen) atoms. The van der Waals surface area contributed by atoms with Gasteiger partial charge in [-0.05, 0) is 24.5 Å². The van der Waals surface area contributed by atoms with Gasteiger partial charge in [0.05, 0.1) is 11.9 Å². The SMILES string of the molecule is CC.CC(=CO)c1ccccc1N=C1CC2=C(C1)C(C)[CH-]c1ccccc12.[Yb]. The number of rotatable bonds is 2. The van der Waals surface area contributed by atoms with Gasteiger partial charge >= 0.3 is 0 Å². The van der Waals surface area contributed by atoms with Crippen molar-refractivity contribution in [3.63, 3.8) is 0 Å². The van der Waals surface area contributed by atoms with Crippen molar-refractivity contribution in [2.45, 2.75) is 40.5 Å². The van der Waals surface area contributed by atoms with Crippen LogP contribution in [0.25, 0.3) is 11.1 Å². The number of aliphatic hydroxyl groups excluding tert-OH is 1. The van der Waals surface area contributed by atoms with Crippen LogP contribution < -0.4 is 0 Å². The second-order valence-electron chi connectivity index (χ2n) is 6.91. The largest absolute Gasteiger partial charge is 0.515 e. The van der Waals surface area contributed by atoms with Crippen molar-refractivity contribution in [2.75, 3.05) is 0 Å². The normalized spacial score (nSPS) is 19.1. The number of nitrogens with zero attached hydrogens (tertiary/aromatic N) is 1. The first-order valence-corrected chi connectivity index (χ1v) is 9.80. The minimum Gasteiger partial charge on any atom is -0.515 e. The fraction of sp³-hybridized carbons (Fsp3) is 0.280. The molecule has 2 aliphatic carbocycles. The summed E-state index contributed by atoms with van der Waals surface area (Å²) in [5, 5.41) is 9.36. The average Bonchev–Trinajstić information content (AvgIpc) is 3.14. The number of benzene rings is 2. The van der Waals surface area contributed by atoms with E-state index < -0.39 is 0 Å². The van der Waals surface area contributed by atoms with Gasteiger partial charge in [-0.25, -0.2) is 0 Å². The van der Waals surface area contributed by atoms with E-state index in [-0.39, 0.29) is 46.9 Å². The van der Waals surface area contributed by atoms with Crippen molar-refractivity contribution in [1.82, 2.24) is 0 Å². The third kappa shape index (κ3) is 4.67. The summed E-state index contributed by atoms with van der Waals surface area (Å²) < 4.78 is 0. The van der Waals surface area contributed by atoms with Gasteiger partial charge in [0.25, 0.3) is 0 Å². The van der Waals surface area contributed by atoms with Gasteiger partial charge in [-0.15, -0.1) is 17.7 Å². The quantitative estimate of drug-likeness (QED) is 0.324. The van der Waals surface area contributed by atoms with Crippen LogP contribution in [0.5, 0.6) is 0 Å². The second kappa shape index (κ2) is 10.5. The van der Waals surface area contributed by atoms with Crippen molar-refractivity contribution in [3.8, 4) is 0 Å². The Hall–Kier alpha value is -1.22. The molecule has 0 aromatic heterocycles. The minimum absolute atomic E-state index is 0. The average molecular weight is 532 g/mol. The summed E-state index contributed by atoms with van der Waals surface area (Å²) >= 11 is 0. The fourth-order valence-electron chi connectivity index (χ4n) is 3.92. The van der Waals surface area contributed by atoms with E-state index in [1.165, 1.54) is 28.0 Å². The summed E-state index contributed by atoms with van der Waals surface area (Å²) in [5.74, 6) is 0.465. The van der Waals surface area contributed by atoms with Gasteiger partial charge in [-0.1, -0.05) is 56.2 Å². The van der Waals surface area contributed by atoms with Crippen LogP contribution in [0.3, 0.4) is 0 Å². The molecule has 154 valence electrons. The van der Waals surface area contributed by atoms with Gasteiger partial charge in [-0.3, -0.25) is 4.99 Å². The van der Waals surface area contributed by atoms with Crippen LogP contribution in [0, 0.1) is 59.3 Å². The van der Waals surface area contributed by atoms with Crippen LogP contribution in [0.4, 0.5) is 5.69 Å². The standard InChI is InChI=1S/C23H22NO.C2H6.Yb/c1-15-11-17-7-3-4-9-20(17)22-13-18(12-21(15)22)24-23-10-6-5-8-19(23)16(2)14-25;1-2;/h3-11,14-15,25H,12-13H2,1-2H3;1-2H3;/q-1;;. The molecule has 0 heterocycles. The van der Waals surface area contributed by atoms with Crippen molar-refractivity contribution >= 4 is 22.5 Å². The summed E-state index contributed by atoms with van der Waals surface area (Å²) in [5.41, 5.74) is 9.63. The molecule has 0 radical (unpaired) electrons. The van der Waals surface area contributed by atoms with Gasteiger partial charge < -0.3 is 5.11 Å². The van der Waals surface area contributed by atoms with Crippen LogP contribution in [-0.4, -0.2) is 10.8 Å². The zero-order valence-electron chi connectivity index (χ0n) is 16.9. The van der Waals surface area contributed by atoms with E-state index in [0.29, 0.717) is 5.92 Å². The Morgan fingerprint density at radius 1 is 1.07 bits per heavy atom. The zero-order valence-corrected chi connectivity index (χ0v) is 18.6. The van der Waals surface area contributed by atoms with E-state index in [2.05, 4.69) is 37.6 Å². The maximum absolute atomic E-state index is 9.36. The molecule has 1 atom stereocenters. The van der Waals surface area contributed by atoms with Crippen LogP contribution >= 0.6 is 0 Å². The van der Waals surface area contributed by atoms with E-state index in [9.17, 15) is 5.11 Å². The molecule has 4 rings (SSSR count). The number of para-hydroxylation sites is 1. The Balaban J connectivity index is 0.000000906. The predicted molar refractivity (Wildman–Crippen MR) is 116 cm³/mol. The van der Waals surface area contributed by atoms with E-state index >= 15 is 0 Å². The predicted octanol–water partition coefficient (Wildman–Crippen LogP) is 7.15. The molecule has 1 N–H and O–H groups in total. The van der Waals surface area contributed by atoms with Gasteiger partial charge in [0, 0.05) is 71.0 Å². The first-order chi connectivity index (χ1) is 13.2. The van der Waals surface area contributed by atoms with Crippen molar-refractivity contribution in [1.29, 1.82) is 0 Å². The first kappa shape index (κ1) is 23.1. The number of allylic oxidation sites excluding steroid dienone is 3. The number of hydrogen-bond acceptors (Lipinski definition) is 2. The molecule has 0 saturated heterocycles. The molecule has 3 heteroatoms. The summed E-state index contributed by atoms with van der Waals surface area (Å²) in [6, 6.07) is 16.7. The van der Waals surface area contributed by atoms with E-state index in [0.717, 1.165) is 35.9 Å². The van der Waals surface area contributed by atoms with Crippen LogP contribution in [0.2, 0.25) is 0 Å². The smallest absolute Gasteiger partial charge is 0.0827 e. The summed E-state index contributed by atoms with van der Waals surface area (Å²) in [6.07, 6.45) is 5.38. The summed E-state index contributed by atoms with van der Waals surface area (Å²) in [6.45, 7) is 8.19. The van der Waals surface area contributed by atoms with Crippen molar-refractivity contribution in [3.05, 3.63) is 83.5 Å². The maximum Gasteiger partial charge on any atom is 0.0827 e. The first-order valence-electron chi connectivity index (χ1n) is 9.80. The van der Waals surface area contributed by atoms with E-state index in [4.69, 9.17) is 4.99 Å². The molecule has 2 aromatic rings. The number of aliphatic hydroxyl groups is 1. The van der Waals surface area contributed by atoms with E-state index in [1.54, 1.807) is 0 Å². The molecule has 0 amide bonds. The molecule has 1 unspecified atom stereocenters. The van der Waals surface area contributed by atoms with Crippen LogP contribution in [-0.2, 0) is 0 Å². The topological polar surface area (TPSA) is 32.6 Å². The Labute approximate surface area is 207 Å². The molecular formula is C25H28NOYb-. The molecule has 2 aliphatic rings. The summed E-state index contributed by atoms with van der Waals surface area (Å²) in [4.78, 5) is 4.97. The molecule has 0 spiro atoms. The van der Waals surface area contributed by atoms with Gasteiger partial charge in [0.2, 0.25) is 0 Å².